The summed E-state index contributed by atoms with van der Waals surface area (Å²) in [5.74, 6) is 0. The Morgan fingerprint density at radius 1 is 0.605 bits per heavy atom. The van der Waals surface area contributed by atoms with Crippen LogP contribution < -0.4 is 5.32 Å². The molecular formula is C37H63N. The van der Waals surface area contributed by atoms with E-state index in [1.54, 1.807) is 0 Å². The molecule has 0 amide bonds. The lowest BCUT2D eigenvalue weighted by Gasteiger charge is -2.08. The van der Waals surface area contributed by atoms with E-state index in [1.165, 1.54) is 118 Å². The summed E-state index contributed by atoms with van der Waals surface area (Å²) in [5.41, 5.74) is 6.83. The van der Waals surface area contributed by atoms with Crippen LogP contribution in [0.2, 0.25) is 0 Å². The predicted molar refractivity (Wildman–Crippen MR) is 175 cm³/mol. The van der Waals surface area contributed by atoms with Gasteiger partial charge in [-0.05, 0) is 67.0 Å². The number of allylic oxidation sites excluding steroid dienone is 1. The molecule has 2 aromatic rings. The van der Waals surface area contributed by atoms with Crippen LogP contribution in [0.15, 0.2) is 55.1 Å². The van der Waals surface area contributed by atoms with Crippen molar-refractivity contribution in [1.29, 1.82) is 0 Å². The number of benzene rings is 2. The van der Waals surface area contributed by atoms with Crippen molar-refractivity contribution in [2.24, 2.45) is 0 Å². The van der Waals surface area contributed by atoms with Crippen molar-refractivity contribution in [1.82, 2.24) is 5.32 Å². The van der Waals surface area contributed by atoms with Crippen molar-refractivity contribution in [3.63, 3.8) is 0 Å². The number of hydrogen-bond donors (Lipinski definition) is 1. The molecule has 216 valence electrons. The van der Waals surface area contributed by atoms with Crippen LogP contribution in [-0.4, -0.2) is 7.05 Å². The van der Waals surface area contributed by atoms with Crippen LogP contribution in [0.4, 0.5) is 0 Å². The molecular weight excluding hydrogens is 458 g/mol. The molecule has 0 saturated heterocycles. The lowest BCUT2D eigenvalue weighted by Crippen LogP contribution is -2.04. The van der Waals surface area contributed by atoms with E-state index in [1.807, 2.05) is 7.05 Å². The second kappa shape index (κ2) is 26.7. The summed E-state index contributed by atoms with van der Waals surface area (Å²) in [4.78, 5) is 0. The van der Waals surface area contributed by atoms with Crippen LogP contribution >= 0.6 is 0 Å². The third-order valence-electron chi connectivity index (χ3n) is 7.01. The second-order valence-electron chi connectivity index (χ2n) is 10.7. The molecule has 0 aromatic heterocycles. The summed E-state index contributed by atoms with van der Waals surface area (Å²) in [7, 11) is 1.97. The molecule has 1 heteroatoms. The summed E-state index contributed by atoms with van der Waals surface area (Å²) in [6, 6.07) is 17.7. The zero-order valence-electron chi connectivity index (χ0n) is 26.3. The molecule has 38 heavy (non-hydrogen) atoms. The normalized spacial score (nSPS) is 10.3. The van der Waals surface area contributed by atoms with Crippen molar-refractivity contribution in [2.75, 3.05) is 7.05 Å². The molecule has 2 aromatic carbocycles. The highest BCUT2D eigenvalue weighted by atomic mass is 14.8. The van der Waals surface area contributed by atoms with Gasteiger partial charge in [0.15, 0.2) is 0 Å². The number of rotatable bonds is 18. The average molecular weight is 522 g/mol. The molecule has 0 atom stereocenters. The van der Waals surface area contributed by atoms with Crippen LogP contribution in [0.3, 0.4) is 0 Å². The molecule has 2 rings (SSSR count). The predicted octanol–water partition coefficient (Wildman–Crippen LogP) is 11.7. The van der Waals surface area contributed by atoms with Crippen molar-refractivity contribution in [2.45, 2.75) is 144 Å². The Hall–Kier alpha value is -1.86. The van der Waals surface area contributed by atoms with Crippen molar-refractivity contribution in [3.05, 3.63) is 77.4 Å². The minimum absolute atomic E-state index is 0.927. The molecule has 0 bridgehead atoms. The highest BCUT2D eigenvalue weighted by molar-refractivity contribution is 5.63. The summed E-state index contributed by atoms with van der Waals surface area (Å²) >= 11 is 0. The Balaban J connectivity index is 0.000000564. The van der Waals surface area contributed by atoms with E-state index < -0.39 is 0 Å². The van der Waals surface area contributed by atoms with E-state index in [0.29, 0.717) is 0 Å². The minimum atomic E-state index is 0.927. The van der Waals surface area contributed by atoms with E-state index >= 15 is 0 Å². The van der Waals surface area contributed by atoms with Gasteiger partial charge in [0.2, 0.25) is 0 Å². The Bertz CT molecular complexity index is 768. The van der Waals surface area contributed by atoms with Gasteiger partial charge < -0.3 is 5.32 Å². The van der Waals surface area contributed by atoms with E-state index in [9.17, 15) is 0 Å². The summed E-state index contributed by atoms with van der Waals surface area (Å²) in [6.45, 7) is 16.3. The van der Waals surface area contributed by atoms with E-state index in [0.717, 1.165) is 19.4 Å². The maximum atomic E-state index is 4.18. The lowest BCUT2D eigenvalue weighted by molar-refractivity contribution is 0.602. The largest absolute Gasteiger partial charge is 0.316 e. The Kier molecular flexibility index (Phi) is 25.4. The Labute approximate surface area is 238 Å². The van der Waals surface area contributed by atoms with Gasteiger partial charge in [0.05, 0.1) is 0 Å². The highest BCUT2D eigenvalue weighted by Crippen LogP contribution is 2.20. The average Bonchev–Trinajstić information content (AvgIpc) is 2.95. The van der Waals surface area contributed by atoms with Crippen LogP contribution in [-0.2, 0) is 19.4 Å². The first-order chi connectivity index (χ1) is 18.6. The molecule has 0 saturated carbocycles. The molecule has 1 N–H and O–H groups in total. The van der Waals surface area contributed by atoms with Gasteiger partial charge in [-0.3, -0.25) is 0 Å². The van der Waals surface area contributed by atoms with Gasteiger partial charge >= 0.3 is 0 Å². The van der Waals surface area contributed by atoms with Gasteiger partial charge in [-0.25, -0.2) is 0 Å². The molecule has 0 spiro atoms. The van der Waals surface area contributed by atoms with Crippen molar-refractivity contribution >= 4 is 5.57 Å². The van der Waals surface area contributed by atoms with Gasteiger partial charge in [-0.2, -0.15) is 0 Å². The summed E-state index contributed by atoms with van der Waals surface area (Å²) < 4.78 is 0. The first kappa shape index (κ1) is 36.1. The first-order valence-corrected chi connectivity index (χ1v) is 16.0. The lowest BCUT2D eigenvalue weighted by atomic mass is 9.99. The van der Waals surface area contributed by atoms with E-state index in [2.05, 4.69) is 95.0 Å². The maximum Gasteiger partial charge on any atom is 0.0202 e. The van der Waals surface area contributed by atoms with Crippen LogP contribution in [0, 0.1) is 0 Å². The number of nitrogens with one attached hydrogen (secondary N) is 1. The zero-order chi connectivity index (χ0) is 28.3. The summed E-state index contributed by atoms with van der Waals surface area (Å²) in [6.07, 6.45) is 21.3. The highest BCUT2D eigenvalue weighted by Gasteiger charge is 2.00. The van der Waals surface area contributed by atoms with Crippen molar-refractivity contribution < 1.29 is 0 Å². The first-order valence-electron chi connectivity index (χ1n) is 16.0. The quantitative estimate of drug-likeness (QED) is 0.192. The topological polar surface area (TPSA) is 12.0 Å². The van der Waals surface area contributed by atoms with Crippen LogP contribution in [0.25, 0.3) is 5.57 Å². The van der Waals surface area contributed by atoms with Crippen LogP contribution in [0.1, 0.15) is 147 Å². The van der Waals surface area contributed by atoms with E-state index in [4.69, 9.17) is 0 Å². The molecule has 0 aliphatic rings. The molecule has 0 aliphatic carbocycles. The van der Waals surface area contributed by atoms with Gasteiger partial charge in [0, 0.05) is 6.54 Å². The fourth-order valence-corrected chi connectivity index (χ4v) is 4.39. The standard InChI is InChI=1S/C15H23N.C13H20.C9H20/c1-4-5-6-8-13(2)15-10-7-9-14(11-15)12-16-3;1-3-5-6-7-13-10-8-12(4-2)9-11-13;1-3-5-7-9-8-6-4-2/h7,9-11,16H,2,4-6,8,12H2,1,3H3;8-11H,3-7H2,1-2H3;3-9H2,1-2H3. The zero-order valence-corrected chi connectivity index (χ0v) is 26.3. The van der Waals surface area contributed by atoms with Crippen LogP contribution in [0.5, 0.6) is 0 Å². The Morgan fingerprint density at radius 2 is 1.13 bits per heavy atom. The fraction of sp³-hybridized carbons (Fsp3) is 0.622. The molecule has 0 radical (unpaired) electrons. The van der Waals surface area contributed by atoms with Gasteiger partial charge in [-0.15, -0.1) is 0 Å². The fourth-order valence-electron chi connectivity index (χ4n) is 4.39. The smallest absolute Gasteiger partial charge is 0.0202 e. The minimum Gasteiger partial charge on any atom is -0.316 e. The number of hydrogen-bond acceptors (Lipinski definition) is 1. The van der Waals surface area contributed by atoms with Gasteiger partial charge in [-0.1, -0.05) is 160 Å². The SMILES string of the molecule is C=C(CCCCC)c1cccc(CNC)c1.CCCCCCCCC.CCCCCc1ccc(CC)cc1. The number of unbranched alkanes of at least 4 members (excludes halogenated alkanes) is 10. The monoisotopic (exact) mass is 521 g/mol. The molecule has 0 fully saturated rings. The van der Waals surface area contributed by atoms with Gasteiger partial charge in [0.1, 0.15) is 0 Å². The summed E-state index contributed by atoms with van der Waals surface area (Å²) in [5, 5.41) is 3.17. The van der Waals surface area contributed by atoms with Gasteiger partial charge in [0.25, 0.3) is 0 Å². The third kappa shape index (κ3) is 20.1. The Morgan fingerprint density at radius 3 is 1.68 bits per heavy atom. The molecule has 0 aliphatic heterocycles. The molecule has 1 nitrogen and oxygen atoms in total. The maximum absolute atomic E-state index is 4.18. The van der Waals surface area contributed by atoms with Crippen molar-refractivity contribution in [3.8, 4) is 0 Å². The third-order valence-corrected chi connectivity index (χ3v) is 7.01. The molecule has 0 unspecified atom stereocenters. The van der Waals surface area contributed by atoms with E-state index in [-0.39, 0.29) is 0 Å². The number of aryl methyl sites for hydroxylation is 2. The second-order valence-corrected chi connectivity index (χ2v) is 10.7. The molecule has 0 heterocycles.